The first-order valence-corrected chi connectivity index (χ1v) is 6.81. The van der Waals surface area contributed by atoms with Gasteiger partial charge in [-0.05, 0) is 24.7 Å². The van der Waals surface area contributed by atoms with Crippen LogP contribution in [0.3, 0.4) is 0 Å². The molecule has 5 heteroatoms. The predicted octanol–water partition coefficient (Wildman–Crippen LogP) is 0.252. The Kier molecular flexibility index (Phi) is 4.97. The summed E-state index contributed by atoms with van der Waals surface area (Å²) in [6, 6.07) is 0. The average molecular weight is 256 g/mol. The third kappa shape index (κ3) is 3.93. The second-order valence-electron chi connectivity index (χ2n) is 5.34. The SMILES string of the molecule is COCCC1(CNCC(=O)N2CCOCC2)CC1. The molecule has 104 valence electrons. The minimum Gasteiger partial charge on any atom is -0.385 e. The molecule has 0 bridgehead atoms. The lowest BCUT2D eigenvalue weighted by atomic mass is 10.0. The molecule has 18 heavy (non-hydrogen) atoms. The smallest absolute Gasteiger partial charge is 0.236 e. The summed E-state index contributed by atoms with van der Waals surface area (Å²) in [5.41, 5.74) is 0.404. The molecule has 0 aromatic carbocycles. The normalized spacial score (nSPS) is 21.9. The van der Waals surface area contributed by atoms with E-state index in [4.69, 9.17) is 9.47 Å². The second kappa shape index (κ2) is 6.50. The Balaban J connectivity index is 1.61. The van der Waals surface area contributed by atoms with Gasteiger partial charge in [-0.3, -0.25) is 4.79 Å². The van der Waals surface area contributed by atoms with Crippen LogP contribution in [0.5, 0.6) is 0 Å². The predicted molar refractivity (Wildman–Crippen MR) is 68.4 cm³/mol. The van der Waals surface area contributed by atoms with Gasteiger partial charge in [0.1, 0.15) is 0 Å². The van der Waals surface area contributed by atoms with E-state index in [0.717, 1.165) is 32.7 Å². The summed E-state index contributed by atoms with van der Waals surface area (Å²) in [5, 5.41) is 3.31. The lowest BCUT2D eigenvalue weighted by Gasteiger charge is -2.27. The van der Waals surface area contributed by atoms with Gasteiger partial charge in [-0.25, -0.2) is 0 Å². The summed E-state index contributed by atoms with van der Waals surface area (Å²) in [6.07, 6.45) is 3.62. The quantitative estimate of drug-likeness (QED) is 0.709. The number of nitrogens with one attached hydrogen (secondary N) is 1. The summed E-state index contributed by atoms with van der Waals surface area (Å²) in [6.45, 7) is 5.01. The van der Waals surface area contributed by atoms with Crippen LogP contribution in [0, 0.1) is 5.41 Å². The van der Waals surface area contributed by atoms with Crippen LogP contribution in [0.1, 0.15) is 19.3 Å². The molecular formula is C13H24N2O3. The molecule has 1 saturated heterocycles. The summed E-state index contributed by atoms with van der Waals surface area (Å²) >= 11 is 0. The highest BCUT2D eigenvalue weighted by atomic mass is 16.5. The lowest BCUT2D eigenvalue weighted by molar-refractivity contribution is -0.134. The van der Waals surface area contributed by atoms with Crippen molar-refractivity contribution < 1.29 is 14.3 Å². The van der Waals surface area contributed by atoms with Gasteiger partial charge in [0.2, 0.25) is 5.91 Å². The molecular weight excluding hydrogens is 232 g/mol. The maximum absolute atomic E-state index is 11.9. The van der Waals surface area contributed by atoms with Gasteiger partial charge in [-0.1, -0.05) is 0 Å². The molecule has 1 amide bonds. The molecule has 1 heterocycles. The zero-order chi connectivity index (χ0) is 12.8. The number of hydrogen-bond donors (Lipinski definition) is 1. The maximum atomic E-state index is 11.9. The summed E-state index contributed by atoms with van der Waals surface area (Å²) in [5.74, 6) is 0.195. The highest BCUT2D eigenvalue weighted by Crippen LogP contribution is 2.48. The number of morpholine rings is 1. The second-order valence-corrected chi connectivity index (χ2v) is 5.34. The standard InChI is InChI=1S/C13H24N2O3/c1-17-7-4-13(2-3-13)11-14-10-12(16)15-5-8-18-9-6-15/h14H,2-11H2,1H3. The minimum absolute atomic E-state index is 0.195. The molecule has 0 spiro atoms. The van der Waals surface area contributed by atoms with E-state index in [2.05, 4.69) is 5.32 Å². The van der Waals surface area contributed by atoms with Crippen molar-refractivity contribution in [1.29, 1.82) is 0 Å². The van der Waals surface area contributed by atoms with E-state index in [0.29, 0.717) is 25.2 Å². The lowest BCUT2D eigenvalue weighted by Crippen LogP contribution is -2.45. The Bertz CT molecular complexity index is 273. The van der Waals surface area contributed by atoms with Gasteiger partial charge >= 0.3 is 0 Å². The van der Waals surface area contributed by atoms with E-state index >= 15 is 0 Å². The van der Waals surface area contributed by atoms with E-state index in [9.17, 15) is 4.79 Å². The molecule has 1 saturated carbocycles. The third-order valence-corrected chi connectivity index (χ3v) is 3.93. The molecule has 0 aromatic rings. The first-order valence-electron chi connectivity index (χ1n) is 6.81. The number of carbonyl (C=O) groups excluding carboxylic acids is 1. The minimum atomic E-state index is 0.195. The third-order valence-electron chi connectivity index (χ3n) is 3.93. The molecule has 2 aliphatic rings. The highest BCUT2D eigenvalue weighted by Gasteiger charge is 2.41. The number of methoxy groups -OCH3 is 1. The number of hydrogen-bond acceptors (Lipinski definition) is 4. The molecule has 0 radical (unpaired) electrons. The molecule has 2 fully saturated rings. The van der Waals surface area contributed by atoms with Crippen molar-refractivity contribution in [3.05, 3.63) is 0 Å². The van der Waals surface area contributed by atoms with Gasteiger partial charge < -0.3 is 19.7 Å². The van der Waals surface area contributed by atoms with E-state index in [1.54, 1.807) is 7.11 Å². The first-order chi connectivity index (χ1) is 8.76. The van der Waals surface area contributed by atoms with Gasteiger partial charge in [0.05, 0.1) is 19.8 Å². The van der Waals surface area contributed by atoms with Crippen molar-refractivity contribution in [1.82, 2.24) is 10.2 Å². The Morgan fingerprint density at radius 3 is 2.72 bits per heavy atom. The summed E-state index contributed by atoms with van der Waals surface area (Å²) < 4.78 is 10.4. The van der Waals surface area contributed by atoms with E-state index in [-0.39, 0.29) is 5.91 Å². The number of ether oxygens (including phenoxy) is 2. The fraction of sp³-hybridized carbons (Fsp3) is 0.923. The average Bonchev–Trinajstić information content (AvgIpc) is 3.18. The Morgan fingerprint density at radius 1 is 1.39 bits per heavy atom. The fourth-order valence-electron chi connectivity index (χ4n) is 2.37. The maximum Gasteiger partial charge on any atom is 0.236 e. The van der Waals surface area contributed by atoms with Crippen molar-refractivity contribution in [3.8, 4) is 0 Å². The topological polar surface area (TPSA) is 50.8 Å². The fourth-order valence-corrected chi connectivity index (χ4v) is 2.37. The molecule has 1 aliphatic heterocycles. The van der Waals surface area contributed by atoms with Crippen molar-refractivity contribution in [2.45, 2.75) is 19.3 Å². The first kappa shape index (κ1) is 13.8. The molecule has 0 aromatic heterocycles. The van der Waals surface area contributed by atoms with Crippen LogP contribution in [0.2, 0.25) is 0 Å². The van der Waals surface area contributed by atoms with Crippen LogP contribution >= 0.6 is 0 Å². The Labute approximate surface area is 109 Å². The van der Waals surface area contributed by atoms with Crippen molar-refractivity contribution in [2.24, 2.45) is 5.41 Å². The van der Waals surface area contributed by atoms with Crippen molar-refractivity contribution in [3.63, 3.8) is 0 Å². The monoisotopic (exact) mass is 256 g/mol. The molecule has 0 atom stereocenters. The number of nitrogens with zero attached hydrogens (tertiary/aromatic N) is 1. The van der Waals surface area contributed by atoms with Crippen molar-refractivity contribution in [2.75, 3.05) is 53.1 Å². The van der Waals surface area contributed by atoms with Gasteiger partial charge in [0, 0.05) is 33.4 Å². The molecule has 2 rings (SSSR count). The van der Waals surface area contributed by atoms with Crippen LogP contribution in [-0.4, -0.2) is 63.9 Å². The molecule has 1 aliphatic carbocycles. The zero-order valence-corrected chi connectivity index (χ0v) is 11.2. The number of rotatable bonds is 7. The molecule has 1 N–H and O–H groups in total. The van der Waals surface area contributed by atoms with Crippen LogP contribution in [-0.2, 0) is 14.3 Å². The number of carbonyl (C=O) groups is 1. The van der Waals surface area contributed by atoms with E-state index in [1.807, 2.05) is 4.90 Å². The largest absolute Gasteiger partial charge is 0.385 e. The van der Waals surface area contributed by atoms with Gasteiger partial charge in [0.25, 0.3) is 0 Å². The zero-order valence-electron chi connectivity index (χ0n) is 11.2. The van der Waals surface area contributed by atoms with Gasteiger partial charge in [0.15, 0.2) is 0 Å². The van der Waals surface area contributed by atoms with E-state index in [1.165, 1.54) is 12.8 Å². The van der Waals surface area contributed by atoms with Crippen LogP contribution in [0.4, 0.5) is 0 Å². The van der Waals surface area contributed by atoms with Gasteiger partial charge in [-0.15, -0.1) is 0 Å². The molecule has 5 nitrogen and oxygen atoms in total. The van der Waals surface area contributed by atoms with Crippen LogP contribution in [0.25, 0.3) is 0 Å². The highest BCUT2D eigenvalue weighted by molar-refractivity contribution is 5.78. The van der Waals surface area contributed by atoms with E-state index < -0.39 is 0 Å². The number of amides is 1. The van der Waals surface area contributed by atoms with Crippen LogP contribution in [0.15, 0.2) is 0 Å². The van der Waals surface area contributed by atoms with Gasteiger partial charge in [-0.2, -0.15) is 0 Å². The molecule has 0 unspecified atom stereocenters. The summed E-state index contributed by atoms with van der Waals surface area (Å²) in [4.78, 5) is 13.8. The Morgan fingerprint density at radius 2 is 2.11 bits per heavy atom. The van der Waals surface area contributed by atoms with Crippen molar-refractivity contribution >= 4 is 5.91 Å². The Hall–Kier alpha value is -0.650. The van der Waals surface area contributed by atoms with Crippen LogP contribution < -0.4 is 5.32 Å². The summed E-state index contributed by atoms with van der Waals surface area (Å²) in [7, 11) is 1.74.